The molecule has 4 aromatic rings. The number of carbonyl (C=O) groups is 1. The first-order valence-electron chi connectivity index (χ1n) is 8.47. The largest absolute Gasteiger partial charge is 0.304 e. The number of benzene rings is 2. The Morgan fingerprint density at radius 1 is 1.11 bits per heavy atom. The molecule has 6 nitrogen and oxygen atoms in total. The van der Waals surface area contributed by atoms with Crippen molar-refractivity contribution in [2.75, 3.05) is 5.32 Å². The van der Waals surface area contributed by atoms with Crippen molar-refractivity contribution in [1.29, 1.82) is 0 Å². The van der Waals surface area contributed by atoms with E-state index in [0.717, 1.165) is 11.1 Å². The summed E-state index contributed by atoms with van der Waals surface area (Å²) in [7, 11) is 0. The van der Waals surface area contributed by atoms with Crippen LogP contribution >= 0.6 is 11.6 Å². The molecule has 0 aliphatic heterocycles. The fourth-order valence-electron chi connectivity index (χ4n) is 2.68. The lowest BCUT2D eigenvalue weighted by Crippen LogP contribution is -2.13. The molecule has 2 N–H and O–H groups in total. The molecule has 0 aliphatic rings. The van der Waals surface area contributed by atoms with Crippen LogP contribution < -0.4 is 5.32 Å². The number of carbonyl (C=O) groups excluding carboxylic acids is 1. The van der Waals surface area contributed by atoms with Crippen LogP contribution in [-0.4, -0.2) is 25.9 Å². The van der Waals surface area contributed by atoms with Crippen molar-refractivity contribution in [2.24, 2.45) is 0 Å². The Kier molecular flexibility index (Phi) is 4.90. The average molecular weight is 396 g/mol. The Morgan fingerprint density at radius 3 is 2.61 bits per heavy atom. The van der Waals surface area contributed by atoms with Gasteiger partial charge in [-0.15, -0.1) is 0 Å². The molecule has 0 spiro atoms. The van der Waals surface area contributed by atoms with Crippen molar-refractivity contribution in [2.45, 2.75) is 6.54 Å². The summed E-state index contributed by atoms with van der Waals surface area (Å²) in [6, 6.07) is 16.7. The summed E-state index contributed by atoms with van der Waals surface area (Å²) in [4.78, 5) is 12.4. The van der Waals surface area contributed by atoms with Crippen LogP contribution in [0.1, 0.15) is 16.1 Å². The van der Waals surface area contributed by atoms with Gasteiger partial charge in [0, 0.05) is 22.8 Å². The van der Waals surface area contributed by atoms with Gasteiger partial charge in [-0.1, -0.05) is 35.9 Å². The standard InChI is InChI=1S/C20H15ClFN5O/c21-15-5-3-14(4-6-15)17-11-18(25-24-17)20(28)23-19-9-10-27(26-19)12-13-1-7-16(22)8-2-13/h1-11H,12H2,(H,24,25)(H,23,26,28). The number of nitrogens with zero attached hydrogens (tertiary/aromatic N) is 3. The average Bonchev–Trinajstić information content (AvgIpc) is 3.34. The molecule has 0 fully saturated rings. The second-order valence-corrected chi connectivity index (χ2v) is 6.59. The van der Waals surface area contributed by atoms with Crippen LogP contribution in [0.5, 0.6) is 0 Å². The van der Waals surface area contributed by atoms with E-state index in [-0.39, 0.29) is 11.7 Å². The molecule has 0 bridgehead atoms. The lowest BCUT2D eigenvalue weighted by Gasteiger charge is -2.02. The first-order chi connectivity index (χ1) is 13.6. The zero-order valence-corrected chi connectivity index (χ0v) is 15.3. The van der Waals surface area contributed by atoms with Gasteiger partial charge in [0.1, 0.15) is 11.5 Å². The minimum Gasteiger partial charge on any atom is -0.304 e. The highest BCUT2D eigenvalue weighted by atomic mass is 35.5. The lowest BCUT2D eigenvalue weighted by molar-refractivity contribution is 0.102. The van der Waals surface area contributed by atoms with E-state index in [1.807, 2.05) is 12.1 Å². The van der Waals surface area contributed by atoms with Gasteiger partial charge in [0.15, 0.2) is 5.82 Å². The second kappa shape index (κ2) is 7.66. The first kappa shape index (κ1) is 17.9. The van der Waals surface area contributed by atoms with E-state index < -0.39 is 0 Å². The van der Waals surface area contributed by atoms with E-state index in [9.17, 15) is 9.18 Å². The van der Waals surface area contributed by atoms with Crippen molar-refractivity contribution in [3.63, 3.8) is 0 Å². The van der Waals surface area contributed by atoms with Gasteiger partial charge in [-0.3, -0.25) is 14.6 Å². The molecule has 0 unspecified atom stereocenters. The Morgan fingerprint density at radius 2 is 1.86 bits per heavy atom. The third-order valence-electron chi connectivity index (χ3n) is 4.10. The maximum Gasteiger partial charge on any atom is 0.274 e. The zero-order valence-electron chi connectivity index (χ0n) is 14.6. The molecule has 1 amide bonds. The normalized spacial score (nSPS) is 10.8. The highest BCUT2D eigenvalue weighted by Gasteiger charge is 2.13. The van der Waals surface area contributed by atoms with Crippen molar-refractivity contribution in [3.05, 3.63) is 89.0 Å². The summed E-state index contributed by atoms with van der Waals surface area (Å²) in [5, 5.41) is 14.6. The molecular weight excluding hydrogens is 381 g/mol. The number of nitrogens with one attached hydrogen (secondary N) is 2. The molecule has 8 heteroatoms. The molecule has 0 atom stereocenters. The maximum absolute atomic E-state index is 13.0. The summed E-state index contributed by atoms with van der Waals surface area (Å²) >= 11 is 5.89. The molecule has 0 aliphatic carbocycles. The second-order valence-electron chi connectivity index (χ2n) is 6.15. The van der Waals surface area contributed by atoms with Crippen LogP contribution in [0, 0.1) is 5.82 Å². The van der Waals surface area contributed by atoms with Gasteiger partial charge in [-0.05, 0) is 35.9 Å². The molecule has 2 heterocycles. The number of aromatic amines is 1. The van der Waals surface area contributed by atoms with Crippen LogP contribution in [-0.2, 0) is 6.54 Å². The maximum atomic E-state index is 13.0. The topological polar surface area (TPSA) is 75.6 Å². The molecule has 0 saturated carbocycles. The number of H-pyrrole nitrogens is 1. The molecular formula is C20H15ClFN5O. The number of hydrogen-bond donors (Lipinski definition) is 2. The van der Waals surface area contributed by atoms with Crippen molar-refractivity contribution < 1.29 is 9.18 Å². The van der Waals surface area contributed by atoms with Crippen molar-refractivity contribution in [3.8, 4) is 11.3 Å². The number of rotatable bonds is 5. The van der Waals surface area contributed by atoms with Crippen LogP contribution in [0.2, 0.25) is 5.02 Å². The third-order valence-corrected chi connectivity index (χ3v) is 4.35. The van der Waals surface area contributed by atoms with E-state index in [1.54, 1.807) is 47.3 Å². The molecule has 0 saturated heterocycles. The number of aromatic nitrogens is 4. The highest BCUT2D eigenvalue weighted by molar-refractivity contribution is 6.30. The van der Waals surface area contributed by atoms with E-state index in [0.29, 0.717) is 28.8 Å². The van der Waals surface area contributed by atoms with Crippen LogP contribution in [0.3, 0.4) is 0 Å². The van der Waals surface area contributed by atoms with Gasteiger partial charge in [-0.25, -0.2) is 4.39 Å². The zero-order chi connectivity index (χ0) is 19.5. The summed E-state index contributed by atoms with van der Waals surface area (Å²) < 4.78 is 14.6. The van der Waals surface area contributed by atoms with Crippen LogP contribution in [0.25, 0.3) is 11.3 Å². The Labute approximate surface area is 165 Å². The Balaban J connectivity index is 1.42. The summed E-state index contributed by atoms with van der Waals surface area (Å²) in [6.07, 6.45) is 1.74. The monoisotopic (exact) mass is 395 g/mol. The Bertz CT molecular complexity index is 1100. The van der Waals surface area contributed by atoms with Gasteiger partial charge in [0.05, 0.1) is 12.2 Å². The summed E-state index contributed by atoms with van der Waals surface area (Å²) in [5.74, 6) is -0.218. The minimum absolute atomic E-state index is 0.283. The fourth-order valence-corrected chi connectivity index (χ4v) is 2.81. The van der Waals surface area contributed by atoms with Crippen LogP contribution in [0.15, 0.2) is 66.9 Å². The van der Waals surface area contributed by atoms with E-state index in [4.69, 9.17) is 11.6 Å². The molecule has 2 aromatic heterocycles. The van der Waals surface area contributed by atoms with Gasteiger partial charge < -0.3 is 5.32 Å². The molecule has 140 valence electrons. The van der Waals surface area contributed by atoms with Crippen LogP contribution in [0.4, 0.5) is 10.2 Å². The molecule has 28 heavy (non-hydrogen) atoms. The van der Waals surface area contributed by atoms with Gasteiger partial charge in [-0.2, -0.15) is 10.2 Å². The number of amides is 1. The quantitative estimate of drug-likeness (QED) is 0.527. The predicted molar refractivity (Wildman–Crippen MR) is 105 cm³/mol. The Hall–Kier alpha value is -3.45. The number of anilines is 1. The van der Waals surface area contributed by atoms with Crippen molar-refractivity contribution in [1.82, 2.24) is 20.0 Å². The third kappa shape index (κ3) is 4.10. The minimum atomic E-state index is -0.347. The van der Waals surface area contributed by atoms with E-state index >= 15 is 0 Å². The number of hydrogen-bond acceptors (Lipinski definition) is 3. The van der Waals surface area contributed by atoms with E-state index in [1.165, 1.54) is 12.1 Å². The smallest absolute Gasteiger partial charge is 0.274 e. The molecule has 0 radical (unpaired) electrons. The predicted octanol–water partition coefficient (Wildman–Crippen LogP) is 4.37. The summed E-state index contributed by atoms with van der Waals surface area (Å²) in [5.41, 5.74) is 2.72. The lowest BCUT2D eigenvalue weighted by atomic mass is 10.1. The number of halogens is 2. The van der Waals surface area contributed by atoms with Gasteiger partial charge >= 0.3 is 0 Å². The first-order valence-corrected chi connectivity index (χ1v) is 8.85. The molecule has 4 rings (SSSR count). The van der Waals surface area contributed by atoms with Crippen molar-refractivity contribution >= 4 is 23.3 Å². The fraction of sp³-hybridized carbons (Fsp3) is 0.0500. The SMILES string of the molecule is O=C(Nc1ccn(Cc2ccc(F)cc2)n1)c1cc(-c2ccc(Cl)cc2)n[nH]1. The summed E-state index contributed by atoms with van der Waals surface area (Å²) in [6.45, 7) is 0.473. The van der Waals surface area contributed by atoms with E-state index in [2.05, 4.69) is 20.6 Å². The van der Waals surface area contributed by atoms with Gasteiger partial charge in [0.2, 0.25) is 0 Å². The highest BCUT2D eigenvalue weighted by Crippen LogP contribution is 2.20. The van der Waals surface area contributed by atoms with Gasteiger partial charge in [0.25, 0.3) is 5.91 Å². The molecule has 2 aromatic carbocycles.